The van der Waals surface area contributed by atoms with Gasteiger partial charge in [-0.2, -0.15) is 0 Å². The van der Waals surface area contributed by atoms with Gasteiger partial charge >= 0.3 is 0 Å². The lowest BCUT2D eigenvalue weighted by Gasteiger charge is -2.41. The van der Waals surface area contributed by atoms with E-state index < -0.39 is 0 Å². The van der Waals surface area contributed by atoms with E-state index >= 15 is 0 Å². The predicted octanol–water partition coefficient (Wildman–Crippen LogP) is 0.587. The number of likely N-dealkylation sites (N-methyl/N-ethyl adjacent to an activating group) is 1. The van der Waals surface area contributed by atoms with Crippen LogP contribution in [-0.4, -0.2) is 54.5 Å². The van der Waals surface area contributed by atoms with E-state index in [1.54, 1.807) is 25.5 Å². The third-order valence-corrected chi connectivity index (χ3v) is 3.07. The maximum atomic E-state index is 12.3. The zero-order valence-electron chi connectivity index (χ0n) is 12.2. The highest BCUT2D eigenvalue weighted by molar-refractivity contribution is 6.21. The first-order chi connectivity index (χ1) is 9.40. The molecule has 7 nitrogen and oxygen atoms in total. The molecule has 0 saturated heterocycles. The van der Waals surface area contributed by atoms with E-state index in [9.17, 15) is 10.0 Å². The summed E-state index contributed by atoms with van der Waals surface area (Å²) in [7, 11) is 5.51. The van der Waals surface area contributed by atoms with Crippen molar-refractivity contribution in [3.05, 3.63) is 29.2 Å². The third kappa shape index (κ3) is 2.78. The lowest BCUT2D eigenvalue weighted by molar-refractivity contribution is -0.116. The minimum atomic E-state index is -0.180. The van der Waals surface area contributed by atoms with Crippen molar-refractivity contribution in [2.45, 2.75) is 13.0 Å². The van der Waals surface area contributed by atoms with Gasteiger partial charge in [-0.1, -0.05) is 0 Å². The fourth-order valence-corrected chi connectivity index (χ4v) is 2.28. The van der Waals surface area contributed by atoms with Gasteiger partial charge in [-0.3, -0.25) is 4.79 Å². The number of hydrogen-bond donors (Lipinski definition) is 2. The van der Waals surface area contributed by atoms with Crippen molar-refractivity contribution in [1.82, 2.24) is 20.2 Å². The summed E-state index contributed by atoms with van der Waals surface area (Å²) in [5, 5.41) is 16.8. The van der Waals surface area contributed by atoms with E-state index in [2.05, 4.69) is 10.3 Å². The molecular weight excluding hydrogens is 258 g/mol. The second-order valence-corrected chi connectivity index (χ2v) is 5.27. The van der Waals surface area contributed by atoms with E-state index in [1.165, 1.54) is 5.01 Å². The minimum absolute atomic E-state index is 0.0244. The van der Waals surface area contributed by atoms with Crippen LogP contribution in [0.2, 0.25) is 0 Å². The molecule has 1 aliphatic rings. The molecule has 0 bridgehead atoms. The quantitative estimate of drug-likeness (QED) is 0.842. The molecule has 110 valence electrons. The first kappa shape index (κ1) is 14.4. The maximum Gasteiger partial charge on any atom is 0.253 e. The van der Waals surface area contributed by atoms with Gasteiger partial charge in [0.25, 0.3) is 5.91 Å². The Bertz CT molecular complexity index is 523. The van der Waals surface area contributed by atoms with Gasteiger partial charge in [0.05, 0.1) is 5.57 Å². The normalized spacial score (nSPS) is 16.0. The Morgan fingerprint density at radius 3 is 2.90 bits per heavy atom. The molecule has 1 aromatic heterocycles. The van der Waals surface area contributed by atoms with Crippen molar-refractivity contribution in [1.29, 1.82) is 0 Å². The Labute approximate surface area is 118 Å². The molecule has 20 heavy (non-hydrogen) atoms. The number of hydrogen-bond acceptors (Lipinski definition) is 5. The van der Waals surface area contributed by atoms with Crippen molar-refractivity contribution in [2.75, 3.05) is 32.9 Å². The number of carbonyl (C=O) groups is 1. The van der Waals surface area contributed by atoms with Crippen LogP contribution in [0.15, 0.2) is 18.5 Å². The number of anilines is 1. The maximum absolute atomic E-state index is 12.3. The summed E-state index contributed by atoms with van der Waals surface area (Å²) < 4.78 is 0. The molecule has 0 spiro atoms. The lowest BCUT2D eigenvalue weighted by Crippen LogP contribution is -2.42. The summed E-state index contributed by atoms with van der Waals surface area (Å²) in [5.74, 6) is 0.195. The number of nitrogens with zero attached hydrogens (tertiary/aromatic N) is 3. The zero-order chi connectivity index (χ0) is 14.9. The monoisotopic (exact) mass is 278 g/mol. The van der Waals surface area contributed by atoms with Crippen LogP contribution in [0.5, 0.6) is 0 Å². The Balaban J connectivity index is 2.16. The summed E-state index contributed by atoms with van der Waals surface area (Å²) in [6, 6.07) is 1.76. The molecule has 1 atom stereocenters. The molecule has 0 radical (unpaired) electrons. The van der Waals surface area contributed by atoms with Gasteiger partial charge in [0.1, 0.15) is 5.82 Å². The van der Waals surface area contributed by atoms with Crippen LogP contribution in [0.25, 0.3) is 5.57 Å². The smallest absolute Gasteiger partial charge is 0.253 e. The first-order valence-electron chi connectivity index (χ1n) is 6.45. The molecule has 1 amide bonds. The van der Waals surface area contributed by atoms with Gasteiger partial charge in [-0.15, -0.1) is 0 Å². The molecule has 2 N–H and O–H groups in total. The number of aromatic nitrogens is 1. The third-order valence-electron chi connectivity index (χ3n) is 3.07. The largest absolute Gasteiger partial charge is 0.737 e. The fourth-order valence-electron chi connectivity index (χ4n) is 2.28. The van der Waals surface area contributed by atoms with Gasteiger partial charge < -0.3 is 30.6 Å². The topological polar surface area (TPSA) is 77.7 Å². The van der Waals surface area contributed by atoms with Gasteiger partial charge in [0.2, 0.25) is 0 Å². The molecule has 0 aliphatic carbocycles. The summed E-state index contributed by atoms with van der Waals surface area (Å²) in [6.45, 7) is 2.70. The number of H-pyrrole nitrogens is 1. The Morgan fingerprint density at radius 2 is 2.25 bits per heavy atom. The van der Waals surface area contributed by atoms with E-state index in [0.717, 1.165) is 11.7 Å². The number of nitrogens with one attached hydrogen (secondary N) is 2. The first-order valence-corrected chi connectivity index (χ1v) is 6.45. The van der Waals surface area contributed by atoms with Crippen LogP contribution < -0.4 is 10.5 Å². The molecule has 2 rings (SSSR count). The number of aromatic amines is 1. The standard InChI is InChI=1S/C13H20N5O2/c1-9(7-16(2)3)15-13(19)11-8-17(4)18(20)12-10(11)5-6-14-12/h5-6,8-9,14H,7H2,1-4H3,(H,15,19)/q-1. The summed E-state index contributed by atoms with van der Waals surface area (Å²) >= 11 is 0. The molecule has 1 aromatic rings. The van der Waals surface area contributed by atoms with Crippen molar-refractivity contribution >= 4 is 17.3 Å². The molecule has 1 aliphatic heterocycles. The van der Waals surface area contributed by atoms with Gasteiger partial charge in [-0.25, -0.2) is 0 Å². The van der Waals surface area contributed by atoms with Crippen LogP contribution >= 0.6 is 0 Å². The zero-order valence-corrected chi connectivity index (χ0v) is 12.2. The highest BCUT2D eigenvalue weighted by Gasteiger charge is 2.24. The van der Waals surface area contributed by atoms with Crippen LogP contribution in [0.4, 0.5) is 5.82 Å². The number of fused-ring (bicyclic) bond motifs is 1. The lowest BCUT2D eigenvalue weighted by atomic mass is 10.1. The van der Waals surface area contributed by atoms with E-state index in [-0.39, 0.29) is 11.9 Å². The molecule has 7 heteroatoms. The van der Waals surface area contributed by atoms with Crippen LogP contribution in [0.1, 0.15) is 12.5 Å². The fraction of sp³-hybridized carbons (Fsp3) is 0.462. The highest BCUT2D eigenvalue weighted by atomic mass is 16.6. The van der Waals surface area contributed by atoms with Gasteiger partial charge in [0, 0.05) is 37.6 Å². The molecule has 0 aromatic carbocycles. The average Bonchev–Trinajstić information content (AvgIpc) is 2.81. The number of hydrazine groups is 1. The van der Waals surface area contributed by atoms with Gasteiger partial charge in [-0.05, 0) is 27.1 Å². The number of carbonyl (C=O) groups excluding carboxylic acids is 1. The Kier molecular flexibility index (Phi) is 4.01. The van der Waals surface area contributed by atoms with Gasteiger partial charge in [0.15, 0.2) is 0 Å². The molecular formula is C13H20N5O2-. The van der Waals surface area contributed by atoms with Crippen LogP contribution in [-0.2, 0) is 4.79 Å². The summed E-state index contributed by atoms with van der Waals surface area (Å²) in [6.07, 6.45) is 3.19. The van der Waals surface area contributed by atoms with Crippen LogP contribution in [0, 0.1) is 5.21 Å². The summed E-state index contributed by atoms with van der Waals surface area (Å²) in [4.78, 5) is 17.2. The van der Waals surface area contributed by atoms with Crippen LogP contribution in [0.3, 0.4) is 0 Å². The van der Waals surface area contributed by atoms with E-state index in [0.29, 0.717) is 17.0 Å². The SMILES string of the molecule is CC(CN(C)C)NC(=O)C1=CN(C)N([O-])c2[nH]ccc21. The molecule has 0 fully saturated rings. The minimum Gasteiger partial charge on any atom is -0.737 e. The Morgan fingerprint density at radius 1 is 1.55 bits per heavy atom. The van der Waals surface area contributed by atoms with Crippen molar-refractivity contribution in [3.8, 4) is 0 Å². The predicted molar refractivity (Wildman–Crippen MR) is 78.5 cm³/mol. The molecule has 0 saturated carbocycles. The van der Waals surface area contributed by atoms with Crippen molar-refractivity contribution in [3.63, 3.8) is 0 Å². The molecule has 1 unspecified atom stereocenters. The average molecular weight is 278 g/mol. The second kappa shape index (κ2) is 5.56. The Hall–Kier alpha value is -1.99. The summed E-state index contributed by atoms with van der Waals surface area (Å²) in [5.41, 5.74) is 1.11. The molecule has 2 heterocycles. The van der Waals surface area contributed by atoms with Crippen molar-refractivity contribution < 1.29 is 4.79 Å². The second-order valence-electron chi connectivity index (χ2n) is 5.27. The highest BCUT2D eigenvalue weighted by Crippen LogP contribution is 2.31. The van der Waals surface area contributed by atoms with Crippen molar-refractivity contribution in [2.24, 2.45) is 0 Å². The number of rotatable bonds is 4. The van der Waals surface area contributed by atoms with E-state index in [4.69, 9.17) is 0 Å². The van der Waals surface area contributed by atoms with E-state index in [1.807, 2.05) is 25.9 Å². The number of amides is 1.